The Kier molecular flexibility index (Phi) is 4.48. The minimum Gasteiger partial charge on any atom is -0.495 e. The van der Waals surface area contributed by atoms with Gasteiger partial charge in [-0.05, 0) is 48.0 Å². The van der Waals surface area contributed by atoms with Crippen molar-refractivity contribution in [2.75, 3.05) is 19.2 Å². The number of hydrogen-bond donors (Lipinski definition) is 1. The average molecular weight is 401 g/mol. The highest BCUT2D eigenvalue weighted by Crippen LogP contribution is 2.33. The van der Waals surface area contributed by atoms with Gasteiger partial charge in [0.15, 0.2) is 11.5 Å². The lowest BCUT2D eigenvalue weighted by Crippen LogP contribution is -2.15. The second kappa shape index (κ2) is 7.44. The van der Waals surface area contributed by atoms with E-state index in [0.29, 0.717) is 22.9 Å². The first-order chi connectivity index (χ1) is 14.7. The van der Waals surface area contributed by atoms with Crippen LogP contribution in [0, 0.1) is 0 Å². The van der Waals surface area contributed by atoms with E-state index in [1.165, 1.54) is 0 Å². The van der Waals surface area contributed by atoms with Gasteiger partial charge in [-0.15, -0.1) is 0 Å². The summed E-state index contributed by atoms with van der Waals surface area (Å²) in [5.74, 6) is 1.79. The first kappa shape index (κ1) is 18.1. The van der Waals surface area contributed by atoms with Crippen LogP contribution in [-0.2, 0) is 11.2 Å². The Bertz CT molecular complexity index is 1220. The zero-order valence-electron chi connectivity index (χ0n) is 16.3. The van der Waals surface area contributed by atoms with Gasteiger partial charge in [0.1, 0.15) is 11.4 Å². The van der Waals surface area contributed by atoms with Crippen LogP contribution in [0.3, 0.4) is 0 Å². The van der Waals surface area contributed by atoms with E-state index in [2.05, 4.69) is 10.3 Å². The number of amides is 1. The van der Waals surface area contributed by atoms with Crippen LogP contribution in [0.1, 0.15) is 5.56 Å². The number of fused-ring (bicyclic) bond motifs is 2. The molecule has 2 aromatic carbocycles. The zero-order valence-corrected chi connectivity index (χ0v) is 16.3. The maximum atomic E-state index is 12.7. The lowest BCUT2D eigenvalue weighted by atomic mass is 10.1. The predicted molar refractivity (Wildman–Crippen MR) is 112 cm³/mol. The van der Waals surface area contributed by atoms with Crippen molar-refractivity contribution in [3.63, 3.8) is 0 Å². The number of imidazole rings is 1. The van der Waals surface area contributed by atoms with E-state index in [1.807, 2.05) is 71.4 Å². The zero-order chi connectivity index (χ0) is 20.5. The number of aromatic nitrogens is 2. The molecule has 0 spiro atoms. The predicted octanol–water partition coefficient (Wildman–Crippen LogP) is 3.92. The average Bonchev–Trinajstić information content (AvgIpc) is 3.40. The summed E-state index contributed by atoms with van der Waals surface area (Å²) in [6.07, 6.45) is 4.11. The van der Waals surface area contributed by atoms with Gasteiger partial charge in [0, 0.05) is 18.0 Å². The molecule has 0 atom stereocenters. The second-order valence-corrected chi connectivity index (χ2v) is 6.92. The summed E-state index contributed by atoms with van der Waals surface area (Å²) in [5.41, 5.74) is 4.00. The summed E-state index contributed by atoms with van der Waals surface area (Å²) in [7, 11) is 1.58. The van der Waals surface area contributed by atoms with Gasteiger partial charge in [-0.25, -0.2) is 4.98 Å². The van der Waals surface area contributed by atoms with Crippen LogP contribution < -0.4 is 19.5 Å². The molecule has 0 unspecified atom stereocenters. The molecule has 0 saturated carbocycles. The summed E-state index contributed by atoms with van der Waals surface area (Å²) in [6.45, 7) is 0.206. The third kappa shape index (κ3) is 3.41. The first-order valence-electron chi connectivity index (χ1n) is 9.50. The fraction of sp³-hybridized carbons (Fsp3) is 0.130. The Morgan fingerprint density at radius 2 is 2.03 bits per heavy atom. The standard InChI is InChI=1S/C23H19N3O4/c1-28-19-8-6-16(18-13-26-9-3-2-4-22(26)24-18)12-17(19)25-23(27)11-15-5-7-20-21(10-15)30-14-29-20/h2-10,12-13H,11,14H2,1H3,(H,25,27). The molecule has 0 radical (unpaired) electrons. The third-order valence-corrected chi connectivity index (χ3v) is 4.93. The highest BCUT2D eigenvalue weighted by Gasteiger charge is 2.16. The van der Waals surface area contributed by atoms with Gasteiger partial charge in [0.2, 0.25) is 12.7 Å². The van der Waals surface area contributed by atoms with Crippen LogP contribution in [0.5, 0.6) is 17.2 Å². The van der Waals surface area contributed by atoms with Crippen molar-refractivity contribution in [1.29, 1.82) is 0 Å². The Hall–Kier alpha value is -4.00. The van der Waals surface area contributed by atoms with Gasteiger partial charge < -0.3 is 23.9 Å². The van der Waals surface area contributed by atoms with Gasteiger partial charge >= 0.3 is 0 Å². The van der Waals surface area contributed by atoms with Gasteiger partial charge in [0.25, 0.3) is 0 Å². The van der Waals surface area contributed by atoms with E-state index in [1.54, 1.807) is 7.11 Å². The van der Waals surface area contributed by atoms with E-state index in [4.69, 9.17) is 14.2 Å². The van der Waals surface area contributed by atoms with Crippen LogP contribution in [0.2, 0.25) is 0 Å². The number of nitrogens with one attached hydrogen (secondary N) is 1. The lowest BCUT2D eigenvalue weighted by Gasteiger charge is -2.12. The second-order valence-electron chi connectivity index (χ2n) is 6.92. The summed E-state index contributed by atoms with van der Waals surface area (Å²) in [5, 5.41) is 2.95. The Morgan fingerprint density at radius 1 is 1.13 bits per heavy atom. The third-order valence-electron chi connectivity index (χ3n) is 4.93. The minimum atomic E-state index is -0.153. The Morgan fingerprint density at radius 3 is 2.90 bits per heavy atom. The summed E-state index contributed by atoms with van der Waals surface area (Å²) >= 11 is 0. The smallest absolute Gasteiger partial charge is 0.231 e. The number of ether oxygens (including phenoxy) is 3. The number of carbonyl (C=O) groups excluding carboxylic acids is 1. The molecular weight excluding hydrogens is 382 g/mol. The number of carbonyl (C=O) groups is 1. The van der Waals surface area contributed by atoms with Crippen molar-refractivity contribution in [2.45, 2.75) is 6.42 Å². The highest BCUT2D eigenvalue weighted by molar-refractivity contribution is 5.94. The molecule has 0 aliphatic carbocycles. The van der Waals surface area contributed by atoms with Crippen LogP contribution in [-0.4, -0.2) is 29.2 Å². The number of hydrogen-bond acceptors (Lipinski definition) is 5. The lowest BCUT2D eigenvalue weighted by molar-refractivity contribution is -0.115. The van der Waals surface area contributed by atoms with Gasteiger partial charge in [-0.2, -0.15) is 0 Å². The number of methoxy groups -OCH3 is 1. The van der Waals surface area contributed by atoms with Gasteiger partial charge in [-0.1, -0.05) is 12.1 Å². The van der Waals surface area contributed by atoms with Gasteiger partial charge in [-0.3, -0.25) is 4.79 Å². The molecule has 1 N–H and O–H groups in total. The Balaban J connectivity index is 1.39. The van der Waals surface area contributed by atoms with Crippen molar-refractivity contribution in [2.24, 2.45) is 0 Å². The molecule has 4 aromatic rings. The molecule has 7 nitrogen and oxygen atoms in total. The highest BCUT2D eigenvalue weighted by atomic mass is 16.7. The molecule has 30 heavy (non-hydrogen) atoms. The summed E-state index contributed by atoms with van der Waals surface area (Å²) in [4.78, 5) is 17.3. The number of nitrogens with zero attached hydrogens (tertiary/aromatic N) is 2. The molecular formula is C23H19N3O4. The molecule has 1 aliphatic rings. The summed E-state index contributed by atoms with van der Waals surface area (Å²) in [6, 6.07) is 17.0. The largest absolute Gasteiger partial charge is 0.495 e. The normalized spacial score (nSPS) is 12.2. The van der Waals surface area contributed by atoms with Crippen molar-refractivity contribution in [3.8, 4) is 28.5 Å². The van der Waals surface area contributed by atoms with Gasteiger partial charge in [0.05, 0.1) is 24.9 Å². The van der Waals surface area contributed by atoms with Crippen molar-refractivity contribution in [1.82, 2.24) is 9.38 Å². The number of rotatable bonds is 5. The molecule has 1 amide bonds. The molecule has 7 heteroatoms. The van der Waals surface area contributed by atoms with Crippen molar-refractivity contribution >= 4 is 17.2 Å². The molecule has 2 aromatic heterocycles. The Labute approximate surface area is 172 Å². The monoisotopic (exact) mass is 401 g/mol. The van der Waals surface area contributed by atoms with E-state index in [-0.39, 0.29) is 19.1 Å². The van der Waals surface area contributed by atoms with Crippen LogP contribution in [0.15, 0.2) is 67.0 Å². The van der Waals surface area contributed by atoms with E-state index in [0.717, 1.165) is 22.5 Å². The molecule has 0 fully saturated rings. The van der Waals surface area contributed by atoms with Crippen molar-refractivity contribution in [3.05, 3.63) is 72.6 Å². The van der Waals surface area contributed by atoms with E-state index >= 15 is 0 Å². The number of benzene rings is 2. The molecule has 1 aliphatic heterocycles. The summed E-state index contributed by atoms with van der Waals surface area (Å²) < 4.78 is 18.1. The van der Waals surface area contributed by atoms with E-state index in [9.17, 15) is 4.79 Å². The van der Waals surface area contributed by atoms with Crippen molar-refractivity contribution < 1.29 is 19.0 Å². The fourth-order valence-electron chi connectivity index (χ4n) is 3.47. The molecule has 150 valence electrons. The first-order valence-corrected chi connectivity index (χ1v) is 9.50. The quantitative estimate of drug-likeness (QED) is 0.549. The molecule has 0 saturated heterocycles. The molecule has 0 bridgehead atoms. The molecule has 3 heterocycles. The maximum absolute atomic E-state index is 12.7. The van der Waals surface area contributed by atoms with Crippen LogP contribution in [0.4, 0.5) is 5.69 Å². The van der Waals surface area contributed by atoms with Crippen LogP contribution >= 0.6 is 0 Å². The fourth-order valence-corrected chi connectivity index (χ4v) is 3.47. The number of pyridine rings is 1. The maximum Gasteiger partial charge on any atom is 0.231 e. The molecule has 5 rings (SSSR count). The topological polar surface area (TPSA) is 74.1 Å². The van der Waals surface area contributed by atoms with Crippen LogP contribution in [0.25, 0.3) is 16.9 Å². The SMILES string of the molecule is COc1ccc(-c2cn3ccccc3n2)cc1NC(=O)Cc1ccc2c(c1)OCO2. The minimum absolute atomic E-state index is 0.153. The van der Waals surface area contributed by atoms with E-state index < -0.39 is 0 Å². The number of anilines is 1.